The van der Waals surface area contributed by atoms with Gasteiger partial charge < -0.3 is 29.4 Å². The van der Waals surface area contributed by atoms with Crippen LogP contribution in [0.1, 0.15) is 33.5 Å². The van der Waals surface area contributed by atoms with E-state index in [1.165, 1.54) is 50.0 Å². The standard InChI is InChI=1S/C15H14N.C9H13.2ClH.Zr/c1-11-7-12(2)16(10-11)15-8-13-5-3-4-6-14(13)9-15;1-6-5-7(2)9(4)8(6)3;;;/h3-10H,1-2H3;5H,1-4H3;2*1H;/q2*-1;;;+4/p-2. The fourth-order valence-electron chi connectivity index (χ4n) is 3.43. The predicted octanol–water partition coefficient (Wildman–Crippen LogP) is 0.611. The van der Waals surface area contributed by atoms with Gasteiger partial charge in [0, 0.05) is 11.9 Å². The summed E-state index contributed by atoms with van der Waals surface area (Å²) in [6, 6.07) is 17.4. The first-order valence-corrected chi connectivity index (χ1v) is 8.88. The Kier molecular flexibility index (Phi) is 10.8. The van der Waals surface area contributed by atoms with Gasteiger partial charge in [0.1, 0.15) is 0 Å². The second-order valence-electron chi connectivity index (χ2n) is 7.13. The zero-order valence-electron chi connectivity index (χ0n) is 17.4. The van der Waals surface area contributed by atoms with E-state index in [2.05, 4.69) is 101 Å². The van der Waals surface area contributed by atoms with Crippen LogP contribution in [-0.4, -0.2) is 4.57 Å². The molecule has 3 aromatic carbocycles. The van der Waals surface area contributed by atoms with Crippen LogP contribution in [-0.2, 0) is 26.2 Å². The van der Waals surface area contributed by atoms with Crippen LogP contribution in [0.3, 0.4) is 0 Å². The molecule has 0 aliphatic heterocycles. The Bertz CT molecular complexity index is 965. The fraction of sp³-hybridized carbons (Fsp3) is 0.250. The average molecular weight is 492 g/mol. The van der Waals surface area contributed by atoms with E-state index in [0.29, 0.717) is 0 Å². The van der Waals surface area contributed by atoms with Crippen LogP contribution in [0.15, 0.2) is 54.7 Å². The number of nitrogens with zero attached hydrogens (tertiary/aromatic N) is 1. The van der Waals surface area contributed by atoms with Gasteiger partial charge in [-0.2, -0.15) is 28.3 Å². The quantitative estimate of drug-likeness (QED) is 0.344. The summed E-state index contributed by atoms with van der Waals surface area (Å²) in [7, 11) is 0. The molecule has 28 heavy (non-hydrogen) atoms. The molecule has 0 radical (unpaired) electrons. The van der Waals surface area contributed by atoms with Gasteiger partial charge in [-0.15, -0.1) is 41.1 Å². The van der Waals surface area contributed by atoms with E-state index in [4.69, 9.17) is 0 Å². The maximum Gasteiger partial charge on any atom is 4.00 e. The molecule has 0 amide bonds. The van der Waals surface area contributed by atoms with Crippen molar-refractivity contribution < 1.29 is 51.0 Å². The molecular formula is C24H27Cl2NZr. The molecule has 0 fully saturated rings. The number of hydrogen-bond donors (Lipinski definition) is 0. The minimum Gasteiger partial charge on any atom is -1.00 e. The molecule has 4 aromatic rings. The Balaban J connectivity index is 0.000000533. The molecule has 1 heterocycles. The van der Waals surface area contributed by atoms with E-state index in [9.17, 15) is 0 Å². The monoisotopic (exact) mass is 489 g/mol. The second-order valence-corrected chi connectivity index (χ2v) is 7.13. The molecule has 0 N–H and O–H groups in total. The summed E-state index contributed by atoms with van der Waals surface area (Å²) >= 11 is 0. The number of hydrogen-bond acceptors (Lipinski definition) is 0. The predicted molar refractivity (Wildman–Crippen MR) is 109 cm³/mol. The molecule has 0 bridgehead atoms. The van der Waals surface area contributed by atoms with Crippen molar-refractivity contribution in [2.24, 2.45) is 0 Å². The third kappa shape index (κ3) is 5.72. The van der Waals surface area contributed by atoms with Crippen LogP contribution in [0.2, 0.25) is 0 Å². The van der Waals surface area contributed by atoms with Crippen LogP contribution >= 0.6 is 0 Å². The average Bonchev–Trinajstić information content (AvgIpc) is 3.21. The van der Waals surface area contributed by atoms with Crippen LogP contribution in [0, 0.1) is 41.5 Å². The van der Waals surface area contributed by atoms with Crippen LogP contribution < -0.4 is 24.8 Å². The van der Waals surface area contributed by atoms with E-state index in [-0.39, 0.29) is 51.0 Å². The molecule has 0 saturated heterocycles. The van der Waals surface area contributed by atoms with Gasteiger partial charge >= 0.3 is 26.2 Å². The van der Waals surface area contributed by atoms with E-state index in [1.54, 1.807) is 0 Å². The molecule has 0 atom stereocenters. The summed E-state index contributed by atoms with van der Waals surface area (Å²) in [5.41, 5.74) is 9.59. The van der Waals surface area contributed by atoms with Crippen molar-refractivity contribution in [2.75, 3.05) is 0 Å². The normalized spacial score (nSPS) is 9.64. The number of halogens is 2. The number of fused-ring (bicyclic) bond motifs is 1. The van der Waals surface area contributed by atoms with Gasteiger partial charge in [0.05, 0.1) is 0 Å². The minimum atomic E-state index is 0. The molecule has 0 unspecified atom stereocenters. The van der Waals surface area contributed by atoms with Crippen molar-refractivity contribution in [3.8, 4) is 5.69 Å². The Hall–Kier alpha value is -1.08. The van der Waals surface area contributed by atoms with Gasteiger partial charge in [-0.05, 0) is 31.2 Å². The molecular weight excluding hydrogens is 464 g/mol. The topological polar surface area (TPSA) is 4.93 Å². The maximum atomic E-state index is 2.25. The van der Waals surface area contributed by atoms with Gasteiger partial charge in [0.25, 0.3) is 0 Å². The molecule has 0 aliphatic rings. The first kappa shape index (κ1) is 26.9. The Morgan fingerprint density at radius 2 is 1.57 bits per heavy atom. The third-order valence-electron chi connectivity index (χ3n) is 5.21. The fourth-order valence-corrected chi connectivity index (χ4v) is 3.43. The first-order valence-electron chi connectivity index (χ1n) is 8.88. The van der Waals surface area contributed by atoms with E-state index in [0.717, 1.165) is 0 Å². The summed E-state index contributed by atoms with van der Waals surface area (Å²) in [4.78, 5) is 0. The van der Waals surface area contributed by atoms with Gasteiger partial charge in [-0.3, -0.25) is 0 Å². The van der Waals surface area contributed by atoms with Crippen LogP contribution in [0.25, 0.3) is 16.5 Å². The van der Waals surface area contributed by atoms with E-state index >= 15 is 0 Å². The Morgan fingerprint density at radius 1 is 0.929 bits per heavy atom. The smallest absolute Gasteiger partial charge is 1.00 e. The summed E-state index contributed by atoms with van der Waals surface area (Å²) < 4.78 is 2.25. The Labute approximate surface area is 200 Å². The SMILES string of the molecule is Cc1c[c-](C)c(C)c1C.Cc1cc(C)n(-c2cc3ccccc3[cH-]2)c1.[Cl-].[Cl-].[Zr+4]. The molecule has 146 valence electrons. The summed E-state index contributed by atoms with van der Waals surface area (Å²) in [5, 5.41) is 2.62. The number of aryl methyl sites for hydroxylation is 4. The number of rotatable bonds is 1. The zero-order chi connectivity index (χ0) is 18.1. The van der Waals surface area contributed by atoms with Gasteiger partial charge in [0.2, 0.25) is 0 Å². The summed E-state index contributed by atoms with van der Waals surface area (Å²) in [6.07, 6.45) is 2.18. The zero-order valence-corrected chi connectivity index (χ0v) is 21.4. The molecule has 1 aromatic heterocycles. The second kappa shape index (κ2) is 11.2. The van der Waals surface area contributed by atoms with E-state index in [1.807, 2.05) is 0 Å². The van der Waals surface area contributed by atoms with Gasteiger partial charge in [-0.25, -0.2) is 0 Å². The third-order valence-corrected chi connectivity index (χ3v) is 5.21. The molecule has 4 rings (SSSR count). The largest absolute Gasteiger partial charge is 4.00 e. The molecule has 4 heteroatoms. The van der Waals surface area contributed by atoms with Crippen LogP contribution in [0.5, 0.6) is 0 Å². The van der Waals surface area contributed by atoms with Crippen LogP contribution in [0.4, 0.5) is 0 Å². The molecule has 1 nitrogen and oxygen atoms in total. The maximum absolute atomic E-state index is 2.25. The molecule has 0 spiro atoms. The van der Waals surface area contributed by atoms with E-state index < -0.39 is 0 Å². The van der Waals surface area contributed by atoms with Gasteiger partial charge in [-0.1, -0.05) is 33.8 Å². The van der Waals surface area contributed by atoms with Crippen molar-refractivity contribution in [3.05, 3.63) is 88.2 Å². The first-order chi connectivity index (χ1) is 11.9. The van der Waals surface area contributed by atoms with Crippen molar-refractivity contribution in [1.29, 1.82) is 0 Å². The Morgan fingerprint density at radius 3 is 2.00 bits per heavy atom. The van der Waals surface area contributed by atoms with Crippen molar-refractivity contribution in [2.45, 2.75) is 41.5 Å². The van der Waals surface area contributed by atoms with Crippen molar-refractivity contribution in [1.82, 2.24) is 4.57 Å². The summed E-state index contributed by atoms with van der Waals surface area (Å²) in [6.45, 7) is 13.0. The number of aromatic nitrogens is 1. The molecule has 0 saturated carbocycles. The molecule has 0 aliphatic carbocycles. The minimum absolute atomic E-state index is 0. The van der Waals surface area contributed by atoms with Crippen molar-refractivity contribution >= 4 is 10.8 Å². The van der Waals surface area contributed by atoms with Crippen molar-refractivity contribution in [3.63, 3.8) is 0 Å². The van der Waals surface area contributed by atoms with Gasteiger partial charge in [0.15, 0.2) is 0 Å². The summed E-state index contributed by atoms with van der Waals surface area (Å²) in [5.74, 6) is 0. The number of benzene rings is 1.